The molecular weight excluding hydrogens is 200 g/mol. The fraction of sp³-hybridized carbons (Fsp3) is 0.111. The molecule has 0 aliphatic carbocycles. The number of rotatable bonds is 3. The number of hydrogen-bond donors (Lipinski definition) is 3. The van der Waals surface area contributed by atoms with Crippen molar-refractivity contribution in [3.05, 3.63) is 23.8 Å². The molecule has 1 aromatic rings. The number of urea groups is 1. The van der Waals surface area contributed by atoms with Crippen LogP contribution in [-0.2, 0) is 0 Å². The molecule has 2 amide bonds. The van der Waals surface area contributed by atoms with E-state index in [-0.39, 0.29) is 17.0 Å². The molecule has 0 atom stereocenters. The minimum absolute atomic E-state index is 0.0556. The van der Waals surface area contributed by atoms with Gasteiger partial charge in [-0.2, -0.15) is 0 Å². The van der Waals surface area contributed by atoms with Crippen molar-refractivity contribution >= 4 is 17.7 Å². The first-order valence-electron chi connectivity index (χ1n) is 4.03. The summed E-state index contributed by atoms with van der Waals surface area (Å²) in [5.74, 6) is -0.925. The van der Waals surface area contributed by atoms with E-state index in [4.69, 9.17) is 15.6 Å². The summed E-state index contributed by atoms with van der Waals surface area (Å²) >= 11 is 0. The van der Waals surface area contributed by atoms with Crippen LogP contribution in [0.4, 0.5) is 10.5 Å². The Hall–Kier alpha value is -2.24. The van der Waals surface area contributed by atoms with Crippen LogP contribution in [0, 0.1) is 0 Å². The highest BCUT2D eigenvalue weighted by Gasteiger charge is 2.15. The first-order valence-corrected chi connectivity index (χ1v) is 4.03. The maximum absolute atomic E-state index is 10.8. The number of ether oxygens (including phenoxy) is 1. The van der Waals surface area contributed by atoms with E-state index in [2.05, 4.69) is 5.32 Å². The lowest BCUT2D eigenvalue weighted by Gasteiger charge is -2.10. The van der Waals surface area contributed by atoms with E-state index in [9.17, 15) is 9.59 Å². The zero-order valence-corrected chi connectivity index (χ0v) is 7.98. The Morgan fingerprint density at radius 3 is 2.60 bits per heavy atom. The number of nitrogens with two attached hydrogens (primary N) is 1. The van der Waals surface area contributed by atoms with Gasteiger partial charge in [-0.25, -0.2) is 9.59 Å². The molecule has 0 radical (unpaired) electrons. The number of methoxy groups -OCH3 is 1. The molecule has 0 heterocycles. The number of para-hydroxylation sites is 1. The van der Waals surface area contributed by atoms with E-state index in [1.807, 2.05) is 0 Å². The van der Waals surface area contributed by atoms with Gasteiger partial charge in [0.25, 0.3) is 0 Å². The van der Waals surface area contributed by atoms with Gasteiger partial charge in [0.2, 0.25) is 0 Å². The van der Waals surface area contributed by atoms with E-state index in [1.165, 1.54) is 25.3 Å². The molecule has 4 N–H and O–H groups in total. The van der Waals surface area contributed by atoms with Gasteiger partial charge in [0.1, 0.15) is 5.75 Å². The van der Waals surface area contributed by atoms with Gasteiger partial charge < -0.3 is 20.9 Å². The van der Waals surface area contributed by atoms with E-state index in [0.29, 0.717) is 0 Å². The van der Waals surface area contributed by atoms with Crippen LogP contribution >= 0.6 is 0 Å². The Bertz CT molecular complexity index is 403. The van der Waals surface area contributed by atoms with Gasteiger partial charge in [-0.15, -0.1) is 0 Å². The Kier molecular flexibility index (Phi) is 3.12. The Morgan fingerprint density at radius 2 is 2.13 bits per heavy atom. The second-order valence-corrected chi connectivity index (χ2v) is 2.68. The van der Waals surface area contributed by atoms with Crippen LogP contribution in [0.1, 0.15) is 10.4 Å². The highest BCUT2D eigenvalue weighted by Crippen LogP contribution is 2.27. The molecule has 0 saturated carbocycles. The summed E-state index contributed by atoms with van der Waals surface area (Å²) in [5, 5.41) is 11.1. The minimum atomic E-state index is -1.17. The average molecular weight is 210 g/mol. The molecule has 0 aliphatic rings. The zero-order valence-electron chi connectivity index (χ0n) is 7.98. The number of nitrogens with one attached hydrogen (secondary N) is 1. The Balaban J connectivity index is 3.26. The number of carboxylic acids is 1. The molecular formula is C9H10N2O4. The molecule has 0 fully saturated rings. The van der Waals surface area contributed by atoms with Gasteiger partial charge in [-0.05, 0) is 12.1 Å². The lowest BCUT2D eigenvalue weighted by molar-refractivity contribution is 0.0697. The molecule has 0 spiro atoms. The lowest BCUT2D eigenvalue weighted by Crippen LogP contribution is -2.21. The molecule has 1 rings (SSSR count). The van der Waals surface area contributed by atoms with Gasteiger partial charge in [0.05, 0.1) is 18.4 Å². The van der Waals surface area contributed by atoms with Crippen LogP contribution in [0.5, 0.6) is 5.75 Å². The van der Waals surface area contributed by atoms with Crippen LogP contribution in [0.2, 0.25) is 0 Å². The SMILES string of the molecule is COc1cccc(C(=O)O)c1NC(N)=O. The minimum Gasteiger partial charge on any atom is -0.495 e. The average Bonchev–Trinajstić information content (AvgIpc) is 2.16. The zero-order chi connectivity index (χ0) is 11.4. The molecule has 6 heteroatoms. The van der Waals surface area contributed by atoms with Crippen LogP contribution in [-0.4, -0.2) is 24.2 Å². The number of amides is 2. The van der Waals surface area contributed by atoms with Crippen LogP contribution < -0.4 is 15.8 Å². The lowest BCUT2D eigenvalue weighted by atomic mass is 10.1. The topological polar surface area (TPSA) is 102 Å². The molecule has 80 valence electrons. The molecule has 0 saturated heterocycles. The summed E-state index contributed by atoms with van der Waals surface area (Å²) in [6.07, 6.45) is 0. The summed E-state index contributed by atoms with van der Waals surface area (Å²) in [6, 6.07) is 3.53. The number of anilines is 1. The van der Waals surface area contributed by atoms with Crippen molar-refractivity contribution < 1.29 is 19.4 Å². The molecule has 1 aromatic carbocycles. The third-order valence-electron chi connectivity index (χ3n) is 1.72. The summed E-state index contributed by atoms with van der Waals surface area (Å²) in [5.41, 5.74) is 4.90. The second-order valence-electron chi connectivity index (χ2n) is 2.68. The van der Waals surface area contributed by atoms with Crippen molar-refractivity contribution in [3.63, 3.8) is 0 Å². The standard InChI is InChI=1S/C9H10N2O4/c1-15-6-4-2-3-5(8(12)13)7(6)11-9(10)14/h2-4H,1H3,(H,12,13)(H3,10,11,14). The van der Waals surface area contributed by atoms with Gasteiger partial charge in [0.15, 0.2) is 0 Å². The number of carbonyl (C=O) groups excluding carboxylic acids is 1. The largest absolute Gasteiger partial charge is 0.495 e. The first kappa shape index (κ1) is 10.8. The van der Waals surface area contributed by atoms with E-state index < -0.39 is 12.0 Å². The highest BCUT2D eigenvalue weighted by atomic mass is 16.5. The molecule has 0 unspecified atom stereocenters. The number of hydrogen-bond acceptors (Lipinski definition) is 3. The number of aromatic carboxylic acids is 1. The monoisotopic (exact) mass is 210 g/mol. The second kappa shape index (κ2) is 4.32. The summed E-state index contributed by atoms with van der Waals surface area (Å²) in [4.78, 5) is 21.5. The highest BCUT2D eigenvalue weighted by molar-refractivity contribution is 6.01. The van der Waals surface area contributed by atoms with Crippen molar-refractivity contribution in [2.45, 2.75) is 0 Å². The summed E-state index contributed by atoms with van der Waals surface area (Å²) in [6.45, 7) is 0. The number of benzene rings is 1. The normalized spacial score (nSPS) is 9.40. The number of carboxylic acid groups (broad SMARTS) is 1. The summed E-state index contributed by atoms with van der Waals surface area (Å²) in [7, 11) is 1.37. The van der Waals surface area contributed by atoms with Crippen molar-refractivity contribution in [1.82, 2.24) is 0 Å². The maximum atomic E-state index is 10.8. The van der Waals surface area contributed by atoms with E-state index >= 15 is 0 Å². The van der Waals surface area contributed by atoms with Gasteiger partial charge in [-0.1, -0.05) is 6.07 Å². The fourth-order valence-electron chi connectivity index (χ4n) is 1.13. The first-order chi connectivity index (χ1) is 7.06. The number of primary amides is 1. The molecule has 0 aromatic heterocycles. The van der Waals surface area contributed by atoms with Gasteiger partial charge >= 0.3 is 12.0 Å². The predicted molar refractivity (Wildman–Crippen MR) is 53.2 cm³/mol. The maximum Gasteiger partial charge on any atom is 0.337 e. The van der Waals surface area contributed by atoms with Crippen molar-refractivity contribution in [2.75, 3.05) is 12.4 Å². The smallest absolute Gasteiger partial charge is 0.337 e. The van der Waals surface area contributed by atoms with Crippen molar-refractivity contribution in [3.8, 4) is 5.75 Å². The number of carbonyl (C=O) groups is 2. The third kappa shape index (κ3) is 2.37. The van der Waals surface area contributed by atoms with Gasteiger partial charge in [0, 0.05) is 0 Å². The van der Waals surface area contributed by atoms with Crippen molar-refractivity contribution in [1.29, 1.82) is 0 Å². The molecule has 0 aliphatic heterocycles. The Morgan fingerprint density at radius 1 is 1.47 bits per heavy atom. The predicted octanol–water partition coefficient (Wildman–Crippen LogP) is 0.884. The quantitative estimate of drug-likeness (QED) is 0.689. The molecule has 0 bridgehead atoms. The fourth-order valence-corrected chi connectivity index (χ4v) is 1.13. The van der Waals surface area contributed by atoms with E-state index in [1.54, 1.807) is 0 Å². The van der Waals surface area contributed by atoms with Gasteiger partial charge in [-0.3, -0.25) is 0 Å². The molecule has 15 heavy (non-hydrogen) atoms. The van der Waals surface area contributed by atoms with Crippen LogP contribution in [0.3, 0.4) is 0 Å². The Labute approximate surface area is 85.6 Å². The summed E-state index contributed by atoms with van der Waals surface area (Å²) < 4.78 is 4.90. The van der Waals surface area contributed by atoms with E-state index in [0.717, 1.165) is 0 Å². The van der Waals surface area contributed by atoms with Crippen molar-refractivity contribution in [2.24, 2.45) is 5.73 Å². The van der Waals surface area contributed by atoms with Crippen LogP contribution in [0.15, 0.2) is 18.2 Å². The molecule has 6 nitrogen and oxygen atoms in total. The van der Waals surface area contributed by atoms with Crippen LogP contribution in [0.25, 0.3) is 0 Å². The third-order valence-corrected chi connectivity index (χ3v) is 1.72.